The Bertz CT molecular complexity index is 3300. The van der Waals surface area contributed by atoms with Gasteiger partial charge in [-0.3, -0.25) is 9.13 Å². The van der Waals surface area contributed by atoms with E-state index in [1.807, 2.05) is 0 Å². The van der Waals surface area contributed by atoms with Crippen molar-refractivity contribution in [3.8, 4) is 33.9 Å². The van der Waals surface area contributed by atoms with E-state index < -0.39 is 5.41 Å². The summed E-state index contributed by atoms with van der Waals surface area (Å²) in [5, 5.41) is 4.79. The fraction of sp³-hybridized carbons (Fsp3) is 0.0189. The van der Waals surface area contributed by atoms with E-state index in [-0.39, 0.29) is 0 Å². The highest BCUT2D eigenvalue weighted by Gasteiger charge is 2.49. The van der Waals surface area contributed by atoms with E-state index in [4.69, 9.17) is 9.97 Å². The second-order valence-electron chi connectivity index (χ2n) is 15.0. The summed E-state index contributed by atoms with van der Waals surface area (Å²) in [5.41, 5.74) is 12.9. The van der Waals surface area contributed by atoms with Gasteiger partial charge in [-0.15, -0.1) is 0 Å². The zero-order chi connectivity index (χ0) is 37.5. The van der Waals surface area contributed by atoms with E-state index in [1.54, 1.807) is 0 Å². The lowest BCUT2D eigenvalue weighted by Crippen LogP contribution is -2.29. The second-order valence-corrected chi connectivity index (χ2v) is 15.0. The fourth-order valence-electron chi connectivity index (χ4n) is 9.53. The van der Waals surface area contributed by atoms with Crippen molar-refractivity contribution >= 4 is 43.6 Å². The first kappa shape index (κ1) is 31.8. The summed E-state index contributed by atoms with van der Waals surface area (Å²) in [4.78, 5) is 10.7. The Hall–Kier alpha value is -7.56. The summed E-state index contributed by atoms with van der Waals surface area (Å²) < 4.78 is 4.68. The molecule has 4 nitrogen and oxygen atoms in total. The van der Waals surface area contributed by atoms with Crippen LogP contribution in [0.2, 0.25) is 0 Å². The number of rotatable bonds is 5. The molecular formula is C53H34N4. The molecule has 11 aromatic rings. The minimum Gasteiger partial charge on any atom is -0.295 e. The lowest BCUT2D eigenvalue weighted by Gasteiger charge is -2.30. The van der Waals surface area contributed by atoms with Gasteiger partial charge in [-0.2, -0.15) is 0 Å². The molecule has 266 valence electrons. The quantitative estimate of drug-likeness (QED) is 0.166. The number of hydrogen-bond donors (Lipinski definition) is 0. The van der Waals surface area contributed by atoms with Gasteiger partial charge >= 0.3 is 0 Å². The van der Waals surface area contributed by atoms with E-state index in [1.165, 1.54) is 49.5 Å². The Labute approximate surface area is 329 Å². The number of nitrogens with zero attached hydrogens (tertiary/aromatic N) is 4. The molecule has 0 bridgehead atoms. The van der Waals surface area contributed by atoms with Crippen molar-refractivity contribution in [1.29, 1.82) is 0 Å². The third kappa shape index (κ3) is 4.56. The van der Waals surface area contributed by atoms with Crippen LogP contribution in [-0.2, 0) is 5.41 Å². The number of hydrogen-bond acceptors (Lipinski definition) is 2. The summed E-state index contributed by atoms with van der Waals surface area (Å²) >= 11 is 0. The fourth-order valence-corrected chi connectivity index (χ4v) is 9.53. The summed E-state index contributed by atoms with van der Waals surface area (Å²) in [7, 11) is 0. The van der Waals surface area contributed by atoms with Crippen molar-refractivity contribution in [2.45, 2.75) is 5.41 Å². The molecule has 9 aromatic carbocycles. The SMILES string of the molecule is c1ccc(-c2nc3ccccc3n2-c2ccc3c(-c4ccc5c(c4)nc4n5-c5ccccc5C4(c4ccccc4)c4ccccc4)c4ccccc4cc3c2)cc1. The van der Waals surface area contributed by atoms with Crippen molar-refractivity contribution in [2.24, 2.45) is 0 Å². The van der Waals surface area contributed by atoms with Crippen LogP contribution in [0.3, 0.4) is 0 Å². The first-order valence-corrected chi connectivity index (χ1v) is 19.5. The number of imidazole rings is 2. The Balaban J connectivity index is 1.09. The lowest BCUT2D eigenvalue weighted by molar-refractivity contribution is 0.718. The zero-order valence-electron chi connectivity index (χ0n) is 30.9. The van der Waals surface area contributed by atoms with Crippen molar-refractivity contribution in [1.82, 2.24) is 19.1 Å². The number of fused-ring (bicyclic) bond motifs is 8. The average molecular weight is 727 g/mol. The summed E-state index contributed by atoms with van der Waals surface area (Å²) in [6, 6.07) is 74.2. The molecule has 57 heavy (non-hydrogen) atoms. The Kier molecular flexibility index (Phi) is 6.81. The van der Waals surface area contributed by atoms with Gasteiger partial charge in [-0.05, 0) is 97.9 Å². The summed E-state index contributed by atoms with van der Waals surface area (Å²) in [6.45, 7) is 0. The monoisotopic (exact) mass is 726 g/mol. The minimum absolute atomic E-state index is 0.572. The van der Waals surface area contributed by atoms with Crippen LogP contribution in [0.5, 0.6) is 0 Å². The van der Waals surface area contributed by atoms with Crippen LogP contribution >= 0.6 is 0 Å². The number of benzene rings is 9. The van der Waals surface area contributed by atoms with Crippen LogP contribution in [0.25, 0.3) is 77.5 Å². The first-order chi connectivity index (χ1) is 28.3. The topological polar surface area (TPSA) is 35.6 Å². The molecule has 0 unspecified atom stereocenters. The predicted molar refractivity (Wildman–Crippen MR) is 233 cm³/mol. The maximum absolute atomic E-state index is 5.63. The van der Waals surface area contributed by atoms with Crippen LogP contribution in [0.15, 0.2) is 206 Å². The highest BCUT2D eigenvalue weighted by atomic mass is 15.1. The molecular weight excluding hydrogens is 693 g/mol. The third-order valence-electron chi connectivity index (χ3n) is 11.9. The summed E-state index contributed by atoms with van der Waals surface area (Å²) in [6.07, 6.45) is 0. The molecule has 0 spiro atoms. The van der Waals surface area contributed by atoms with E-state index in [2.05, 4.69) is 215 Å². The van der Waals surface area contributed by atoms with Crippen molar-refractivity contribution in [2.75, 3.05) is 0 Å². The average Bonchev–Trinajstić information content (AvgIpc) is 3.94. The molecule has 0 N–H and O–H groups in total. The molecule has 0 saturated carbocycles. The molecule has 0 radical (unpaired) electrons. The van der Waals surface area contributed by atoms with E-state index >= 15 is 0 Å². The molecule has 2 aromatic heterocycles. The van der Waals surface area contributed by atoms with Crippen LogP contribution < -0.4 is 0 Å². The minimum atomic E-state index is -0.572. The van der Waals surface area contributed by atoms with Gasteiger partial charge in [0.25, 0.3) is 0 Å². The Morgan fingerprint density at radius 3 is 1.86 bits per heavy atom. The van der Waals surface area contributed by atoms with Crippen molar-refractivity contribution in [3.05, 3.63) is 229 Å². The maximum Gasteiger partial charge on any atom is 0.145 e. The Morgan fingerprint density at radius 1 is 0.404 bits per heavy atom. The van der Waals surface area contributed by atoms with Crippen LogP contribution in [0, 0.1) is 0 Å². The molecule has 12 rings (SSSR count). The molecule has 4 heteroatoms. The van der Waals surface area contributed by atoms with E-state index in [0.717, 1.165) is 50.5 Å². The summed E-state index contributed by atoms with van der Waals surface area (Å²) in [5.74, 6) is 1.95. The normalized spacial score (nSPS) is 13.1. The molecule has 0 atom stereocenters. The molecule has 3 heterocycles. The lowest BCUT2D eigenvalue weighted by atomic mass is 9.70. The second kappa shape index (κ2) is 12.2. The van der Waals surface area contributed by atoms with Gasteiger partial charge in [-0.25, -0.2) is 9.97 Å². The molecule has 0 aliphatic carbocycles. The maximum atomic E-state index is 5.63. The van der Waals surface area contributed by atoms with Gasteiger partial charge in [0.15, 0.2) is 0 Å². The van der Waals surface area contributed by atoms with Crippen LogP contribution in [0.4, 0.5) is 0 Å². The number of para-hydroxylation sites is 3. The Morgan fingerprint density at radius 2 is 1.05 bits per heavy atom. The molecule has 0 saturated heterocycles. The third-order valence-corrected chi connectivity index (χ3v) is 11.9. The molecule has 0 amide bonds. The number of aromatic nitrogens is 4. The van der Waals surface area contributed by atoms with Gasteiger partial charge in [0.2, 0.25) is 0 Å². The van der Waals surface area contributed by atoms with Crippen molar-refractivity contribution < 1.29 is 0 Å². The predicted octanol–water partition coefficient (Wildman–Crippen LogP) is 12.7. The largest absolute Gasteiger partial charge is 0.295 e. The van der Waals surface area contributed by atoms with E-state index in [9.17, 15) is 0 Å². The molecule has 0 fully saturated rings. The standard InChI is InChI=1S/C53H34N4/c1-4-16-35(17-5-1)51-54-45-25-13-15-27-48(45)56(51)41-29-30-43-38(33-41)32-36-18-10-11-23-42(36)50(43)37-28-31-49-46(34-37)55-52-53(39-19-6-2-7-20-39,40-21-8-3-9-22-40)44-24-12-14-26-47(44)57(49)52/h1-34H. The highest BCUT2D eigenvalue weighted by molar-refractivity contribution is 6.13. The molecule has 1 aliphatic rings. The van der Waals surface area contributed by atoms with Gasteiger partial charge < -0.3 is 0 Å². The van der Waals surface area contributed by atoms with E-state index in [0.29, 0.717) is 0 Å². The van der Waals surface area contributed by atoms with Crippen LogP contribution in [0.1, 0.15) is 22.5 Å². The first-order valence-electron chi connectivity index (χ1n) is 19.5. The van der Waals surface area contributed by atoms with Gasteiger partial charge in [0.05, 0.1) is 27.8 Å². The highest BCUT2D eigenvalue weighted by Crippen LogP contribution is 2.53. The van der Waals surface area contributed by atoms with Gasteiger partial charge in [-0.1, -0.05) is 158 Å². The van der Waals surface area contributed by atoms with Crippen molar-refractivity contribution in [3.63, 3.8) is 0 Å². The zero-order valence-corrected chi connectivity index (χ0v) is 30.9. The smallest absolute Gasteiger partial charge is 0.145 e. The van der Waals surface area contributed by atoms with Gasteiger partial charge in [0, 0.05) is 11.3 Å². The molecule has 1 aliphatic heterocycles. The van der Waals surface area contributed by atoms with Gasteiger partial charge in [0.1, 0.15) is 17.1 Å². The van der Waals surface area contributed by atoms with Crippen LogP contribution in [-0.4, -0.2) is 19.1 Å².